The quantitative estimate of drug-likeness (QED) is 0.727. The Morgan fingerprint density at radius 3 is 2.79 bits per heavy atom. The molecule has 0 amide bonds. The van der Waals surface area contributed by atoms with Crippen molar-refractivity contribution in [1.82, 2.24) is 29.2 Å². The van der Waals surface area contributed by atoms with Crippen LogP contribution in [0, 0.1) is 6.92 Å². The maximum Gasteiger partial charge on any atom is 0.134 e. The van der Waals surface area contributed by atoms with Crippen molar-refractivity contribution in [2.75, 3.05) is 13.1 Å². The summed E-state index contributed by atoms with van der Waals surface area (Å²) in [5.41, 5.74) is 3.40. The summed E-state index contributed by atoms with van der Waals surface area (Å²) >= 11 is 0. The molecule has 2 aromatic heterocycles. The summed E-state index contributed by atoms with van der Waals surface area (Å²) in [5.74, 6) is 2.12. The van der Waals surface area contributed by atoms with Crippen LogP contribution in [0.3, 0.4) is 0 Å². The minimum absolute atomic E-state index is 0.823. The number of imidazole rings is 1. The molecule has 1 aliphatic heterocycles. The molecule has 5 rings (SSSR count). The van der Waals surface area contributed by atoms with Crippen LogP contribution in [-0.2, 0) is 13.0 Å². The van der Waals surface area contributed by atoms with Gasteiger partial charge in [-0.05, 0) is 38.0 Å². The number of fused-ring (bicyclic) bond motifs is 3. The fourth-order valence-electron chi connectivity index (χ4n) is 4.01. The highest BCUT2D eigenvalue weighted by atomic mass is 15.3. The summed E-state index contributed by atoms with van der Waals surface area (Å²) in [6.07, 6.45) is 6.97. The fraction of sp³-hybridized carbons (Fsp3) is 0.500. The number of rotatable bonds is 2. The number of nitrogens with zero attached hydrogens (tertiary/aromatic N) is 6. The normalized spacial score (nSPS) is 19.2. The summed E-state index contributed by atoms with van der Waals surface area (Å²) < 4.78 is 4.42. The van der Waals surface area contributed by atoms with Gasteiger partial charge in [0.25, 0.3) is 0 Å². The SMILES string of the molecule is Cc1nncn1-c1ccc2c(c1)nc1n2CCN(C2CCC2)CC1. The molecule has 0 saturated heterocycles. The van der Waals surface area contributed by atoms with Gasteiger partial charge in [0, 0.05) is 32.1 Å². The zero-order chi connectivity index (χ0) is 16.1. The molecule has 0 bridgehead atoms. The van der Waals surface area contributed by atoms with Gasteiger partial charge in [-0.1, -0.05) is 6.42 Å². The van der Waals surface area contributed by atoms with E-state index in [0.717, 1.165) is 49.1 Å². The lowest BCUT2D eigenvalue weighted by atomic mass is 9.91. The van der Waals surface area contributed by atoms with Crippen LogP contribution in [-0.4, -0.2) is 48.3 Å². The molecule has 3 heterocycles. The van der Waals surface area contributed by atoms with Crippen LogP contribution in [0.15, 0.2) is 24.5 Å². The molecule has 1 fully saturated rings. The van der Waals surface area contributed by atoms with Crippen LogP contribution in [0.5, 0.6) is 0 Å². The van der Waals surface area contributed by atoms with Gasteiger partial charge >= 0.3 is 0 Å². The van der Waals surface area contributed by atoms with Crippen LogP contribution in [0.4, 0.5) is 0 Å². The van der Waals surface area contributed by atoms with Crippen LogP contribution in [0.2, 0.25) is 0 Å². The van der Waals surface area contributed by atoms with Crippen molar-refractivity contribution < 1.29 is 0 Å². The van der Waals surface area contributed by atoms with Crippen LogP contribution >= 0.6 is 0 Å². The first-order chi connectivity index (χ1) is 11.8. The van der Waals surface area contributed by atoms with Crippen molar-refractivity contribution in [1.29, 1.82) is 0 Å². The number of benzene rings is 1. The third-order valence-electron chi connectivity index (χ3n) is 5.63. The summed E-state index contributed by atoms with van der Waals surface area (Å²) in [6.45, 7) is 5.31. The third kappa shape index (κ3) is 2.17. The Balaban J connectivity index is 1.49. The maximum atomic E-state index is 4.93. The lowest BCUT2D eigenvalue weighted by Crippen LogP contribution is -2.41. The Morgan fingerprint density at radius 2 is 2.04 bits per heavy atom. The average molecular weight is 322 g/mol. The van der Waals surface area contributed by atoms with Crippen molar-refractivity contribution in [2.24, 2.45) is 0 Å². The Hall–Kier alpha value is -2.21. The molecule has 0 unspecified atom stereocenters. The van der Waals surface area contributed by atoms with Crippen molar-refractivity contribution in [3.8, 4) is 5.69 Å². The molecule has 3 aromatic rings. The summed E-state index contributed by atoms with van der Waals surface area (Å²) in [7, 11) is 0. The van der Waals surface area contributed by atoms with Crippen molar-refractivity contribution in [3.63, 3.8) is 0 Å². The van der Waals surface area contributed by atoms with E-state index in [4.69, 9.17) is 4.98 Å². The van der Waals surface area contributed by atoms with Crippen molar-refractivity contribution in [3.05, 3.63) is 36.2 Å². The first kappa shape index (κ1) is 14.2. The van der Waals surface area contributed by atoms with Gasteiger partial charge < -0.3 is 4.57 Å². The highest BCUT2D eigenvalue weighted by molar-refractivity contribution is 5.78. The predicted molar refractivity (Wildman–Crippen MR) is 92.3 cm³/mol. The van der Waals surface area contributed by atoms with E-state index in [0.29, 0.717) is 0 Å². The maximum absolute atomic E-state index is 4.93. The first-order valence-electron chi connectivity index (χ1n) is 8.90. The van der Waals surface area contributed by atoms with E-state index in [2.05, 4.69) is 37.9 Å². The largest absolute Gasteiger partial charge is 0.327 e. The van der Waals surface area contributed by atoms with E-state index in [1.165, 1.54) is 30.6 Å². The van der Waals surface area contributed by atoms with E-state index >= 15 is 0 Å². The predicted octanol–water partition coefficient (Wildman–Crippen LogP) is 2.34. The van der Waals surface area contributed by atoms with Crippen molar-refractivity contribution >= 4 is 11.0 Å². The summed E-state index contributed by atoms with van der Waals surface area (Å²) in [6, 6.07) is 7.31. The Labute approximate surface area is 141 Å². The second-order valence-electron chi connectivity index (χ2n) is 6.97. The highest BCUT2D eigenvalue weighted by Crippen LogP contribution is 2.28. The van der Waals surface area contributed by atoms with Gasteiger partial charge in [-0.3, -0.25) is 9.47 Å². The van der Waals surface area contributed by atoms with Gasteiger partial charge in [0.2, 0.25) is 0 Å². The minimum atomic E-state index is 0.823. The smallest absolute Gasteiger partial charge is 0.134 e. The lowest BCUT2D eigenvalue weighted by Gasteiger charge is -2.36. The topological polar surface area (TPSA) is 51.8 Å². The van der Waals surface area contributed by atoms with Gasteiger partial charge in [-0.2, -0.15) is 0 Å². The average Bonchev–Trinajstić information content (AvgIpc) is 3.05. The summed E-state index contributed by atoms with van der Waals surface area (Å²) in [5, 5.41) is 8.05. The van der Waals surface area contributed by atoms with E-state index in [1.807, 2.05) is 11.5 Å². The van der Waals surface area contributed by atoms with Crippen LogP contribution in [0.1, 0.15) is 30.9 Å². The molecule has 2 aliphatic rings. The molecule has 1 aromatic carbocycles. The van der Waals surface area contributed by atoms with Gasteiger partial charge in [0.05, 0.1) is 16.7 Å². The lowest BCUT2D eigenvalue weighted by molar-refractivity contribution is 0.130. The Bertz CT molecular complexity index is 888. The van der Waals surface area contributed by atoms with Crippen LogP contribution in [0.25, 0.3) is 16.7 Å². The standard InChI is InChI=1S/C18H22N6/c1-13-21-19-12-24(13)15-5-6-17-16(11-15)20-18-7-8-22(9-10-23(17)18)14-3-2-4-14/h5-6,11-12,14H,2-4,7-10H2,1H3. The molecule has 6 nitrogen and oxygen atoms in total. The molecule has 124 valence electrons. The van der Waals surface area contributed by atoms with E-state index in [1.54, 1.807) is 6.33 Å². The Morgan fingerprint density at radius 1 is 1.12 bits per heavy atom. The molecule has 1 saturated carbocycles. The zero-order valence-electron chi connectivity index (χ0n) is 14.0. The van der Waals surface area contributed by atoms with Gasteiger partial charge in [-0.15, -0.1) is 10.2 Å². The van der Waals surface area contributed by atoms with E-state index in [-0.39, 0.29) is 0 Å². The highest BCUT2D eigenvalue weighted by Gasteiger charge is 2.27. The molecule has 24 heavy (non-hydrogen) atoms. The Kier molecular flexibility index (Phi) is 3.19. The molecule has 0 radical (unpaired) electrons. The van der Waals surface area contributed by atoms with E-state index < -0.39 is 0 Å². The van der Waals surface area contributed by atoms with Gasteiger partial charge in [-0.25, -0.2) is 4.98 Å². The number of hydrogen-bond donors (Lipinski definition) is 0. The number of aryl methyl sites for hydroxylation is 1. The second kappa shape index (κ2) is 5.41. The number of hydrogen-bond acceptors (Lipinski definition) is 4. The van der Waals surface area contributed by atoms with Gasteiger partial charge in [0.15, 0.2) is 0 Å². The second-order valence-corrected chi connectivity index (χ2v) is 6.97. The zero-order valence-corrected chi connectivity index (χ0v) is 14.0. The minimum Gasteiger partial charge on any atom is -0.327 e. The molecule has 0 atom stereocenters. The summed E-state index contributed by atoms with van der Waals surface area (Å²) in [4.78, 5) is 7.60. The van der Waals surface area contributed by atoms with Crippen molar-refractivity contribution in [2.45, 2.75) is 45.2 Å². The molecule has 0 N–H and O–H groups in total. The van der Waals surface area contributed by atoms with Crippen LogP contribution < -0.4 is 0 Å². The first-order valence-corrected chi connectivity index (χ1v) is 8.90. The molecule has 6 heteroatoms. The fourth-order valence-corrected chi connectivity index (χ4v) is 4.01. The van der Waals surface area contributed by atoms with Gasteiger partial charge in [0.1, 0.15) is 18.0 Å². The van der Waals surface area contributed by atoms with E-state index in [9.17, 15) is 0 Å². The monoisotopic (exact) mass is 322 g/mol. The molecule has 1 aliphatic carbocycles. The molecule has 0 spiro atoms. The third-order valence-corrected chi connectivity index (χ3v) is 5.63. The molecular formula is C18H22N6. The molecular weight excluding hydrogens is 300 g/mol. The number of aromatic nitrogens is 5.